The summed E-state index contributed by atoms with van der Waals surface area (Å²) in [5.74, 6) is 1.68. The summed E-state index contributed by atoms with van der Waals surface area (Å²) in [4.78, 5) is 10.8. The second-order valence-corrected chi connectivity index (χ2v) is 5.40. The van der Waals surface area contributed by atoms with E-state index in [4.69, 9.17) is 11.6 Å². The van der Waals surface area contributed by atoms with Gasteiger partial charge in [-0.3, -0.25) is 0 Å². The highest BCUT2D eigenvalue weighted by Crippen LogP contribution is 2.30. The Labute approximate surface area is 106 Å². The average Bonchev–Trinajstić information content (AvgIpc) is 2.35. The molecule has 0 aromatic carbocycles. The second-order valence-electron chi connectivity index (χ2n) is 5.06. The van der Waals surface area contributed by atoms with Crippen molar-refractivity contribution in [1.29, 1.82) is 0 Å². The van der Waals surface area contributed by atoms with Gasteiger partial charge in [-0.05, 0) is 50.4 Å². The van der Waals surface area contributed by atoms with E-state index in [0.29, 0.717) is 11.3 Å². The lowest BCUT2D eigenvalue weighted by atomic mass is 9.84. The van der Waals surface area contributed by atoms with Gasteiger partial charge < -0.3 is 10.2 Å². The summed E-state index contributed by atoms with van der Waals surface area (Å²) in [5.41, 5.74) is 1.06. The summed E-state index contributed by atoms with van der Waals surface area (Å²) in [6, 6.07) is 0.516. The molecule has 17 heavy (non-hydrogen) atoms. The molecule has 3 aliphatic rings. The molecule has 4 nitrogen and oxygen atoms in total. The molecule has 0 radical (unpaired) electrons. The van der Waals surface area contributed by atoms with Gasteiger partial charge in [-0.2, -0.15) is 0 Å². The number of halogens is 1. The first-order valence-corrected chi connectivity index (χ1v) is 6.58. The Hall–Kier alpha value is -0.870. The van der Waals surface area contributed by atoms with Crippen LogP contribution in [0, 0.1) is 12.8 Å². The molecule has 1 aromatic heterocycles. The lowest BCUT2D eigenvalue weighted by Crippen LogP contribution is -2.53. The van der Waals surface area contributed by atoms with E-state index < -0.39 is 0 Å². The van der Waals surface area contributed by atoms with Crippen LogP contribution in [0.15, 0.2) is 6.20 Å². The number of nitrogens with one attached hydrogen (secondary N) is 1. The molecule has 2 bridgehead atoms. The molecule has 0 aliphatic carbocycles. The zero-order valence-corrected chi connectivity index (χ0v) is 10.7. The van der Waals surface area contributed by atoms with Crippen molar-refractivity contribution in [2.45, 2.75) is 25.8 Å². The summed E-state index contributed by atoms with van der Waals surface area (Å²) < 4.78 is 0. The number of rotatable bonds is 2. The smallest absolute Gasteiger partial charge is 0.224 e. The molecule has 1 aromatic rings. The van der Waals surface area contributed by atoms with Gasteiger partial charge >= 0.3 is 0 Å². The number of fused-ring (bicyclic) bond motifs is 3. The minimum Gasteiger partial charge on any atom is -0.365 e. The first-order valence-electron chi connectivity index (χ1n) is 6.20. The van der Waals surface area contributed by atoms with E-state index in [2.05, 4.69) is 20.2 Å². The predicted octanol–water partition coefficient (Wildman–Crippen LogP) is 1.94. The molecule has 0 amide bonds. The molecule has 4 heterocycles. The number of nitrogens with zero attached hydrogens (tertiary/aromatic N) is 3. The zero-order valence-electron chi connectivity index (χ0n) is 9.99. The van der Waals surface area contributed by atoms with Crippen LogP contribution in [-0.4, -0.2) is 40.5 Å². The first kappa shape index (κ1) is 11.2. The summed E-state index contributed by atoms with van der Waals surface area (Å²) in [6.45, 7) is 5.66. The molecular formula is C12H17ClN4. The standard InChI is InChI=1S/C12H17ClN4/c1-8-6-14-12(13)16-11(8)15-10-7-17-4-2-9(10)3-5-17/h6,9-10H,2-5,7H2,1H3,(H,14,15,16). The largest absolute Gasteiger partial charge is 0.365 e. The van der Waals surface area contributed by atoms with Gasteiger partial charge in [-0.15, -0.1) is 0 Å². The van der Waals surface area contributed by atoms with Crippen molar-refractivity contribution in [3.8, 4) is 0 Å². The van der Waals surface area contributed by atoms with Gasteiger partial charge in [0.1, 0.15) is 5.82 Å². The van der Waals surface area contributed by atoms with E-state index in [1.807, 2.05) is 6.92 Å². The normalized spacial score (nSPS) is 31.5. The van der Waals surface area contributed by atoms with E-state index in [-0.39, 0.29) is 0 Å². The maximum absolute atomic E-state index is 5.84. The Bertz CT molecular complexity index is 415. The highest BCUT2D eigenvalue weighted by molar-refractivity contribution is 6.28. The van der Waals surface area contributed by atoms with Crippen LogP contribution in [-0.2, 0) is 0 Å². The van der Waals surface area contributed by atoms with Crippen LogP contribution >= 0.6 is 11.6 Å². The topological polar surface area (TPSA) is 41.1 Å². The van der Waals surface area contributed by atoms with Gasteiger partial charge in [0.05, 0.1) is 0 Å². The third kappa shape index (κ3) is 2.24. The van der Waals surface area contributed by atoms with Crippen LogP contribution in [0.3, 0.4) is 0 Å². The zero-order chi connectivity index (χ0) is 11.8. The Morgan fingerprint density at radius 3 is 2.82 bits per heavy atom. The van der Waals surface area contributed by atoms with Crippen molar-refractivity contribution in [2.24, 2.45) is 5.92 Å². The average molecular weight is 253 g/mol. The molecule has 92 valence electrons. The van der Waals surface area contributed by atoms with Gasteiger partial charge in [-0.1, -0.05) is 0 Å². The Morgan fingerprint density at radius 1 is 1.41 bits per heavy atom. The van der Waals surface area contributed by atoms with Crippen molar-refractivity contribution in [3.63, 3.8) is 0 Å². The summed E-state index contributed by atoms with van der Waals surface area (Å²) in [7, 11) is 0. The molecular weight excluding hydrogens is 236 g/mol. The fourth-order valence-corrected chi connectivity index (χ4v) is 3.00. The summed E-state index contributed by atoms with van der Waals surface area (Å²) in [6.07, 6.45) is 4.38. The van der Waals surface area contributed by atoms with Crippen LogP contribution in [0.5, 0.6) is 0 Å². The molecule has 1 unspecified atom stereocenters. The highest BCUT2D eigenvalue weighted by atomic mass is 35.5. The Morgan fingerprint density at radius 2 is 2.18 bits per heavy atom. The van der Waals surface area contributed by atoms with Gasteiger partial charge in [0, 0.05) is 24.3 Å². The molecule has 5 heteroatoms. The van der Waals surface area contributed by atoms with Crippen LogP contribution in [0.2, 0.25) is 5.28 Å². The van der Waals surface area contributed by atoms with Crippen molar-refractivity contribution >= 4 is 17.4 Å². The summed E-state index contributed by atoms with van der Waals surface area (Å²) in [5, 5.41) is 3.86. The molecule has 3 aliphatic heterocycles. The second kappa shape index (κ2) is 4.42. The monoisotopic (exact) mass is 252 g/mol. The fraction of sp³-hybridized carbons (Fsp3) is 0.667. The Kier molecular flexibility index (Phi) is 2.92. The van der Waals surface area contributed by atoms with Gasteiger partial charge in [0.2, 0.25) is 5.28 Å². The van der Waals surface area contributed by atoms with Gasteiger partial charge in [-0.25, -0.2) is 9.97 Å². The van der Waals surface area contributed by atoms with E-state index in [1.165, 1.54) is 25.9 Å². The number of hydrogen-bond acceptors (Lipinski definition) is 4. The maximum Gasteiger partial charge on any atom is 0.224 e. The first-order chi connectivity index (χ1) is 8.22. The predicted molar refractivity (Wildman–Crippen MR) is 68.4 cm³/mol. The van der Waals surface area contributed by atoms with Gasteiger partial charge in [0.15, 0.2) is 0 Å². The van der Waals surface area contributed by atoms with E-state index in [9.17, 15) is 0 Å². The van der Waals surface area contributed by atoms with E-state index >= 15 is 0 Å². The third-order valence-corrected chi connectivity index (χ3v) is 4.10. The van der Waals surface area contributed by atoms with Crippen LogP contribution < -0.4 is 5.32 Å². The molecule has 1 atom stereocenters. The maximum atomic E-state index is 5.84. The minimum atomic E-state index is 0.319. The molecule has 3 saturated heterocycles. The molecule has 3 fully saturated rings. The van der Waals surface area contributed by atoms with Crippen LogP contribution in [0.25, 0.3) is 0 Å². The van der Waals surface area contributed by atoms with Crippen LogP contribution in [0.4, 0.5) is 5.82 Å². The van der Waals surface area contributed by atoms with E-state index in [1.54, 1.807) is 6.20 Å². The van der Waals surface area contributed by atoms with E-state index in [0.717, 1.165) is 23.8 Å². The fourth-order valence-electron chi connectivity index (χ4n) is 2.87. The van der Waals surface area contributed by atoms with Gasteiger partial charge in [0.25, 0.3) is 0 Å². The number of anilines is 1. The quantitative estimate of drug-likeness (QED) is 0.817. The number of piperidine rings is 3. The highest BCUT2D eigenvalue weighted by Gasteiger charge is 2.34. The molecule has 0 saturated carbocycles. The molecule has 0 spiro atoms. The number of aryl methyl sites for hydroxylation is 1. The lowest BCUT2D eigenvalue weighted by molar-refractivity contribution is 0.0973. The number of aromatic nitrogens is 2. The third-order valence-electron chi connectivity index (χ3n) is 3.92. The Balaban J connectivity index is 1.76. The number of hydrogen-bond donors (Lipinski definition) is 1. The molecule has 1 N–H and O–H groups in total. The van der Waals surface area contributed by atoms with Crippen LogP contribution in [0.1, 0.15) is 18.4 Å². The van der Waals surface area contributed by atoms with Crippen molar-refractivity contribution < 1.29 is 0 Å². The van der Waals surface area contributed by atoms with Crippen molar-refractivity contribution in [2.75, 3.05) is 25.0 Å². The van der Waals surface area contributed by atoms with Crippen molar-refractivity contribution in [3.05, 3.63) is 17.0 Å². The minimum absolute atomic E-state index is 0.319. The SMILES string of the molecule is Cc1cnc(Cl)nc1NC1CN2CCC1CC2. The molecule has 4 rings (SSSR count). The summed E-state index contributed by atoms with van der Waals surface area (Å²) >= 11 is 5.84. The van der Waals surface area contributed by atoms with Crippen molar-refractivity contribution in [1.82, 2.24) is 14.9 Å². The lowest BCUT2D eigenvalue weighted by Gasteiger charge is -2.45.